The summed E-state index contributed by atoms with van der Waals surface area (Å²) in [5.74, 6) is 1.78. The standard InChI is InChI=1S/C25H20N4O4S/c1-32-19-10-7-16(8-11-19)24-27-28-25(29(24)18-5-3-2-4-6-18)34-15-21(30)17-9-12-22-20(13-17)26-23(31)14-33-22/h2-13H,14-15H2,1H3,(H,26,31). The monoisotopic (exact) mass is 472 g/mol. The smallest absolute Gasteiger partial charge is 0.262 e. The fourth-order valence-electron chi connectivity index (χ4n) is 3.57. The summed E-state index contributed by atoms with van der Waals surface area (Å²) < 4.78 is 12.6. The van der Waals surface area contributed by atoms with Crippen LogP contribution in [0.15, 0.2) is 78.0 Å². The van der Waals surface area contributed by atoms with Gasteiger partial charge in [0.1, 0.15) is 11.5 Å². The average molecular weight is 473 g/mol. The first-order chi connectivity index (χ1) is 16.6. The summed E-state index contributed by atoms with van der Waals surface area (Å²) in [5.41, 5.74) is 2.75. The van der Waals surface area contributed by atoms with Crippen molar-refractivity contribution >= 4 is 29.1 Å². The summed E-state index contributed by atoms with van der Waals surface area (Å²) in [4.78, 5) is 24.5. The van der Waals surface area contributed by atoms with Crippen LogP contribution in [-0.2, 0) is 4.79 Å². The van der Waals surface area contributed by atoms with E-state index in [9.17, 15) is 9.59 Å². The molecule has 0 bridgehead atoms. The molecule has 0 saturated carbocycles. The van der Waals surface area contributed by atoms with E-state index in [2.05, 4.69) is 15.5 Å². The molecule has 5 rings (SSSR count). The van der Waals surface area contributed by atoms with Crippen LogP contribution in [0.4, 0.5) is 5.69 Å². The Labute approximate surface area is 199 Å². The van der Waals surface area contributed by atoms with Crippen LogP contribution in [0.5, 0.6) is 11.5 Å². The molecule has 1 aliphatic heterocycles. The number of para-hydroxylation sites is 1. The Morgan fingerprint density at radius 3 is 2.65 bits per heavy atom. The molecule has 3 aromatic carbocycles. The van der Waals surface area contributed by atoms with Crippen molar-refractivity contribution in [3.05, 3.63) is 78.4 Å². The molecule has 2 heterocycles. The zero-order valence-electron chi connectivity index (χ0n) is 18.2. The zero-order chi connectivity index (χ0) is 23.5. The lowest BCUT2D eigenvalue weighted by molar-refractivity contribution is -0.118. The minimum Gasteiger partial charge on any atom is -0.497 e. The van der Waals surface area contributed by atoms with Gasteiger partial charge >= 0.3 is 0 Å². The molecule has 1 N–H and O–H groups in total. The van der Waals surface area contributed by atoms with E-state index in [0.717, 1.165) is 17.0 Å². The van der Waals surface area contributed by atoms with Crippen LogP contribution in [0, 0.1) is 0 Å². The number of carbonyl (C=O) groups excluding carboxylic acids is 2. The summed E-state index contributed by atoms with van der Waals surface area (Å²) in [5, 5.41) is 12.1. The van der Waals surface area contributed by atoms with Gasteiger partial charge in [-0.2, -0.15) is 0 Å². The molecule has 4 aromatic rings. The van der Waals surface area contributed by atoms with Gasteiger partial charge in [-0.3, -0.25) is 14.2 Å². The summed E-state index contributed by atoms with van der Waals surface area (Å²) in [7, 11) is 1.62. The van der Waals surface area contributed by atoms with Crippen molar-refractivity contribution in [1.29, 1.82) is 0 Å². The first-order valence-electron chi connectivity index (χ1n) is 10.5. The number of ketones is 1. The molecule has 0 radical (unpaired) electrons. The number of carbonyl (C=O) groups is 2. The number of amides is 1. The van der Waals surface area contributed by atoms with Crippen molar-refractivity contribution in [3.8, 4) is 28.6 Å². The highest BCUT2D eigenvalue weighted by molar-refractivity contribution is 7.99. The zero-order valence-corrected chi connectivity index (χ0v) is 19.0. The quantitative estimate of drug-likeness (QED) is 0.317. The fourth-order valence-corrected chi connectivity index (χ4v) is 4.42. The normalized spacial score (nSPS) is 12.4. The van der Waals surface area contributed by atoms with Crippen molar-refractivity contribution in [3.63, 3.8) is 0 Å². The Morgan fingerprint density at radius 1 is 1.09 bits per heavy atom. The highest BCUT2D eigenvalue weighted by Gasteiger charge is 2.20. The van der Waals surface area contributed by atoms with Crippen LogP contribution in [0.3, 0.4) is 0 Å². The number of fused-ring (bicyclic) bond motifs is 1. The Morgan fingerprint density at radius 2 is 1.88 bits per heavy atom. The largest absolute Gasteiger partial charge is 0.497 e. The van der Waals surface area contributed by atoms with Crippen LogP contribution in [0.1, 0.15) is 10.4 Å². The number of hydrogen-bond donors (Lipinski definition) is 1. The molecule has 170 valence electrons. The van der Waals surface area contributed by atoms with Crippen LogP contribution < -0.4 is 14.8 Å². The molecule has 0 aliphatic carbocycles. The number of hydrogen-bond acceptors (Lipinski definition) is 7. The molecule has 1 aromatic heterocycles. The van der Waals surface area contributed by atoms with E-state index in [1.54, 1.807) is 25.3 Å². The summed E-state index contributed by atoms with van der Waals surface area (Å²) in [6.45, 7) is -0.0260. The van der Waals surface area contributed by atoms with E-state index < -0.39 is 0 Å². The molecule has 34 heavy (non-hydrogen) atoms. The fraction of sp³-hybridized carbons (Fsp3) is 0.120. The van der Waals surface area contributed by atoms with Gasteiger partial charge in [-0.1, -0.05) is 30.0 Å². The summed E-state index contributed by atoms with van der Waals surface area (Å²) in [6.07, 6.45) is 0. The first kappa shape index (κ1) is 21.7. The van der Waals surface area contributed by atoms with Gasteiger partial charge in [0.15, 0.2) is 23.4 Å². The molecule has 9 heteroatoms. The number of aromatic nitrogens is 3. The van der Waals surface area contributed by atoms with Crippen LogP contribution >= 0.6 is 11.8 Å². The maximum atomic E-state index is 12.9. The van der Waals surface area contributed by atoms with Crippen molar-refractivity contribution < 1.29 is 19.1 Å². The molecule has 0 spiro atoms. The number of benzene rings is 3. The molecular weight excluding hydrogens is 452 g/mol. The van der Waals surface area contributed by atoms with Crippen molar-refractivity contribution in [2.24, 2.45) is 0 Å². The van der Waals surface area contributed by atoms with Crippen molar-refractivity contribution in [2.75, 3.05) is 24.8 Å². The molecule has 8 nitrogen and oxygen atoms in total. The topological polar surface area (TPSA) is 95.3 Å². The summed E-state index contributed by atoms with van der Waals surface area (Å²) >= 11 is 1.30. The minimum atomic E-state index is -0.242. The average Bonchev–Trinajstić information content (AvgIpc) is 3.31. The SMILES string of the molecule is COc1ccc(-c2nnc(SCC(=O)c3ccc4c(c3)NC(=O)CO4)n2-c2ccccc2)cc1. The third-order valence-electron chi connectivity index (χ3n) is 5.26. The third-order valence-corrected chi connectivity index (χ3v) is 6.19. The Kier molecular flexibility index (Phi) is 6.01. The maximum Gasteiger partial charge on any atom is 0.262 e. The molecule has 1 aliphatic rings. The highest BCUT2D eigenvalue weighted by Crippen LogP contribution is 2.31. The van der Waals surface area contributed by atoms with E-state index in [1.165, 1.54) is 11.8 Å². The number of nitrogens with one attached hydrogen (secondary N) is 1. The second kappa shape index (κ2) is 9.40. The molecule has 1 amide bonds. The Hall–Kier alpha value is -4.11. The van der Waals surface area contributed by atoms with Gasteiger partial charge in [-0.05, 0) is 54.6 Å². The van der Waals surface area contributed by atoms with Crippen molar-refractivity contribution in [1.82, 2.24) is 14.8 Å². The molecule has 0 atom stereocenters. The Bertz CT molecular complexity index is 1350. The van der Waals surface area contributed by atoms with Crippen LogP contribution in [-0.4, -0.2) is 45.9 Å². The minimum absolute atomic E-state index is 0.0260. The van der Waals surface area contributed by atoms with Gasteiger partial charge in [0, 0.05) is 16.8 Å². The summed E-state index contributed by atoms with van der Waals surface area (Å²) in [6, 6.07) is 22.4. The van der Waals surface area contributed by atoms with E-state index in [1.807, 2.05) is 59.2 Å². The number of Topliss-reactive ketones (excluding diaryl/α,β-unsaturated/α-hetero) is 1. The lowest BCUT2D eigenvalue weighted by atomic mass is 10.1. The number of thioether (sulfide) groups is 1. The number of rotatable bonds is 7. The second-order valence-corrected chi connectivity index (χ2v) is 8.41. The lowest BCUT2D eigenvalue weighted by Crippen LogP contribution is -2.25. The van der Waals surface area contributed by atoms with Gasteiger partial charge in [0.25, 0.3) is 5.91 Å². The van der Waals surface area contributed by atoms with E-state index in [-0.39, 0.29) is 24.1 Å². The van der Waals surface area contributed by atoms with Crippen LogP contribution in [0.2, 0.25) is 0 Å². The third kappa shape index (κ3) is 4.38. The number of methoxy groups -OCH3 is 1. The highest BCUT2D eigenvalue weighted by atomic mass is 32.2. The number of nitrogens with zero attached hydrogens (tertiary/aromatic N) is 3. The number of anilines is 1. The van der Waals surface area contributed by atoms with E-state index in [4.69, 9.17) is 9.47 Å². The molecular formula is C25H20N4O4S. The first-order valence-corrected chi connectivity index (χ1v) is 11.5. The lowest BCUT2D eigenvalue weighted by Gasteiger charge is -2.18. The molecule has 0 fully saturated rings. The van der Waals surface area contributed by atoms with E-state index in [0.29, 0.717) is 28.0 Å². The molecule has 0 saturated heterocycles. The predicted molar refractivity (Wildman–Crippen MR) is 129 cm³/mol. The van der Waals surface area contributed by atoms with Gasteiger partial charge in [0.05, 0.1) is 18.6 Å². The van der Waals surface area contributed by atoms with E-state index >= 15 is 0 Å². The molecule has 0 unspecified atom stereocenters. The predicted octanol–water partition coefficient (Wildman–Crippen LogP) is 4.25. The van der Waals surface area contributed by atoms with Gasteiger partial charge < -0.3 is 14.8 Å². The van der Waals surface area contributed by atoms with Crippen LogP contribution in [0.25, 0.3) is 17.1 Å². The van der Waals surface area contributed by atoms with Crippen molar-refractivity contribution in [2.45, 2.75) is 5.16 Å². The van der Waals surface area contributed by atoms with Gasteiger partial charge in [0.2, 0.25) is 0 Å². The maximum absolute atomic E-state index is 12.9. The van der Waals surface area contributed by atoms with Gasteiger partial charge in [-0.15, -0.1) is 10.2 Å². The number of ether oxygens (including phenoxy) is 2. The Balaban J connectivity index is 1.41. The second-order valence-electron chi connectivity index (χ2n) is 7.47. The van der Waals surface area contributed by atoms with Gasteiger partial charge in [-0.25, -0.2) is 0 Å².